The molecule has 12 heteroatoms. The number of nitrogens with zero attached hydrogens (tertiary/aromatic N) is 1. The van der Waals surface area contributed by atoms with E-state index in [2.05, 4.69) is 37.2 Å². The summed E-state index contributed by atoms with van der Waals surface area (Å²) in [6.45, 7) is 0.186. The quantitative estimate of drug-likeness (QED) is 0.172. The molecule has 0 atom stereocenters. The maximum atomic E-state index is 13.3. The summed E-state index contributed by atoms with van der Waals surface area (Å²) in [5.41, 5.74) is 1.57. The molecule has 4 rings (SSSR count). The van der Waals surface area contributed by atoms with Crippen molar-refractivity contribution in [2.75, 3.05) is 4.90 Å². The molecule has 0 unspecified atom stereocenters. The molecule has 0 bridgehead atoms. The molecule has 1 heterocycles. The Hall–Kier alpha value is -2.76. The molecule has 37 heavy (non-hydrogen) atoms. The number of thiocarbonyl (C=S) groups is 1. The second kappa shape index (κ2) is 11.3. The number of halogens is 4. The Morgan fingerprint density at radius 2 is 1.73 bits per heavy atom. The Kier molecular flexibility index (Phi) is 8.35. The van der Waals surface area contributed by atoms with Crippen molar-refractivity contribution in [3.05, 3.63) is 95.9 Å². The third-order valence-electron chi connectivity index (χ3n) is 5.19. The van der Waals surface area contributed by atoms with Crippen LogP contribution in [-0.4, -0.2) is 28.0 Å². The Bertz CT molecular complexity index is 1470. The summed E-state index contributed by atoms with van der Waals surface area (Å²) in [6, 6.07) is 14.5. The van der Waals surface area contributed by atoms with E-state index in [0.717, 1.165) is 10.5 Å². The summed E-state index contributed by atoms with van der Waals surface area (Å²) < 4.78 is 7.01. The highest BCUT2D eigenvalue weighted by Crippen LogP contribution is 2.37. The topological polar surface area (TPSA) is 95.9 Å². The third kappa shape index (κ3) is 5.89. The van der Waals surface area contributed by atoms with Crippen molar-refractivity contribution in [2.45, 2.75) is 6.61 Å². The number of carbonyl (C=O) groups excluding carboxylic acids is 2. The number of rotatable bonds is 6. The van der Waals surface area contributed by atoms with Gasteiger partial charge in [0, 0.05) is 0 Å². The van der Waals surface area contributed by atoms with Crippen LogP contribution in [0.2, 0.25) is 10.0 Å². The molecular weight excluding hydrogens is 671 g/mol. The molecule has 1 saturated heterocycles. The summed E-state index contributed by atoms with van der Waals surface area (Å²) >= 11 is 24.5. The second-order valence-corrected chi connectivity index (χ2v) is 10.5. The number of benzene rings is 3. The molecule has 1 fully saturated rings. The van der Waals surface area contributed by atoms with Crippen LogP contribution < -0.4 is 15.0 Å². The molecule has 7 nitrogen and oxygen atoms in total. The first kappa shape index (κ1) is 27.3. The van der Waals surface area contributed by atoms with Crippen LogP contribution in [0, 0.1) is 0 Å². The number of carboxylic acid groups (broad SMARTS) is 1. The van der Waals surface area contributed by atoms with E-state index < -0.39 is 17.8 Å². The van der Waals surface area contributed by atoms with Gasteiger partial charge in [0.2, 0.25) is 0 Å². The average molecular weight is 685 g/mol. The van der Waals surface area contributed by atoms with Crippen molar-refractivity contribution >= 4 is 102 Å². The van der Waals surface area contributed by atoms with Gasteiger partial charge >= 0.3 is 5.97 Å². The highest BCUT2D eigenvalue weighted by Gasteiger charge is 2.35. The number of nitrogens with one attached hydrogen (secondary N) is 1. The van der Waals surface area contributed by atoms with E-state index >= 15 is 0 Å². The minimum absolute atomic E-state index is 0.112. The molecule has 3 aromatic rings. The Balaban J connectivity index is 1.59. The van der Waals surface area contributed by atoms with Crippen LogP contribution in [0.1, 0.15) is 21.5 Å². The van der Waals surface area contributed by atoms with Gasteiger partial charge in [0.05, 0.1) is 30.2 Å². The lowest BCUT2D eigenvalue weighted by Gasteiger charge is -2.29. The van der Waals surface area contributed by atoms with Gasteiger partial charge in [-0.25, -0.2) is 4.79 Å². The van der Waals surface area contributed by atoms with Gasteiger partial charge in [0.1, 0.15) is 17.9 Å². The van der Waals surface area contributed by atoms with Gasteiger partial charge < -0.3 is 9.84 Å². The average Bonchev–Trinajstić information content (AvgIpc) is 2.84. The fourth-order valence-corrected chi connectivity index (χ4v) is 5.51. The van der Waals surface area contributed by atoms with Crippen molar-refractivity contribution in [1.82, 2.24) is 5.32 Å². The lowest BCUT2D eigenvalue weighted by molar-refractivity contribution is -0.122. The van der Waals surface area contributed by atoms with Crippen LogP contribution in [0.15, 0.2) is 69.1 Å². The maximum absolute atomic E-state index is 13.3. The number of carbonyl (C=O) groups is 3. The lowest BCUT2D eigenvalue weighted by Crippen LogP contribution is -2.54. The first-order chi connectivity index (χ1) is 17.6. The highest BCUT2D eigenvalue weighted by atomic mass is 79.9. The van der Waals surface area contributed by atoms with Crippen LogP contribution >= 0.6 is 67.3 Å². The molecule has 0 radical (unpaired) electrons. The molecule has 1 aliphatic rings. The van der Waals surface area contributed by atoms with Gasteiger partial charge in [-0.15, -0.1) is 0 Å². The van der Waals surface area contributed by atoms with Gasteiger partial charge in [-0.1, -0.05) is 41.4 Å². The zero-order chi connectivity index (χ0) is 26.9. The van der Waals surface area contributed by atoms with E-state index in [4.69, 9.17) is 45.3 Å². The Morgan fingerprint density at radius 1 is 1.08 bits per heavy atom. The Labute approximate surface area is 243 Å². The second-order valence-electron chi connectivity index (χ2n) is 7.64. The molecule has 0 saturated carbocycles. The highest BCUT2D eigenvalue weighted by molar-refractivity contribution is 9.11. The number of amides is 2. The van der Waals surface area contributed by atoms with Crippen molar-refractivity contribution in [3.8, 4) is 5.75 Å². The van der Waals surface area contributed by atoms with Gasteiger partial charge in [0.25, 0.3) is 11.8 Å². The Morgan fingerprint density at radius 3 is 2.35 bits per heavy atom. The number of aromatic carboxylic acids is 1. The molecule has 0 aliphatic carbocycles. The summed E-state index contributed by atoms with van der Waals surface area (Å²) in [6.07, 6.45) is 1.43. The van der Waals surface area contributed by atoms with E-state index in [1.807, 2.05) is 0 Å². The van der Waals surface area contributed by atoms with Gasteiger partial charge in [-0.3, -0.25) is 19.8 Å². The summed E-state index contributed by atoms with van der Waals surface area (Å²) in [7, 11) is 0. The minimum atomic E-state index is -1.01. The maximum Gasteiger partial charge on any atom is 0.335 e. The van der Waals surface area contributed by atoms with Crippen LogP contribution in [0.25, 0.3) is 6.08 Å². The fraction of sp³-hybridized carbons (Fsp3) is 0.0400. The lowest BCUT2D eigenvalue weighted by atomic mass is 10.1. The number of hydrogen-bond acceptors (Lipinski definition) is 5. The molecular formula is C25H14Br2Cl2N2O5S. The summed E-state index contributed by atoms with van der Waals surface area (Å²) in [5, 5.41) is 11.8. The van der Waals surface area contributed by atoms with Crippen molar-refractivity contribution in [2.24, 2.45) is 0 Å². The predicted octanol–water partition coefficient (Wildman–Crippen LogP) is 6.63. The third-order valence-corrected chi connectivity index (χ3v) is 7.46. The molecule has 0 spiro atoms. The zero-order valence-electron chi connectivity index (χ0n) is 18.4. The van der Waals surface area contributed by atoms with E-state index in [0.29, 0.717) is 20.3 Å². The van der Waals surface area contributed by atoms with Crippen LogP contribution in [0.3, 0.4) is 0 Å². The summed E-state index contributed by atoms with van der Waals surface area (Å²) in [5.74, 6) is -1.83. The molecule has 2 N–H and O–H groups in total. The van der Waals surface area contributed by atoms with Gasteiger partial charge in [0.15, 0.2) is 5.11 Å². The van der Waals surface area contributed by atoms with E-state index in [9.17, 15) is 14.4 Å². The number of anilines is 1. The normalized spacial score (nSPS) is 14.6. The first-order valence-corrected chi connectivity index (χ1v) is 13.1. The van der Waals surface area contributed by atoms with Gasteiger partial charge in [-0.2, -0.15) is 0 Å². The van der Waals surface area contributed by atoms with E-state index in [-0.39, 0.29) is 38.6 Å². The minimum Gasteiger partial charge on any atom is -0.487 e. The largest absolute Gasteiger partial charge is 0.487 e. The van der Waals surface area contributed by atoms with Crippen molar-refractivity contribution in [1.29, 1.82) is 0 Å². The summed E-state index contributed by atoms with van der Waals surface area (Å²) in [4.78, 5) is 38.1. The van der Waals surface area contributed by atoms with Crippen molar-refractivity contribution in [3.63, 3.8) is 0 Å². The SMILES string of the molecule is O=C1NC(=S)N(c2cccc(Cl)c2Cl)C(=O)/C1=C/c1cc(Br)c(OCc2ccc(C(=O)O)cc2)c(Br)c1. The van der Waals surface area contributed by atoms with E-state index in [1.165, 1.54) is 18.2 Å². The van der Waals surface area contributed by atoms with Gasteiger partial charge in [-0.05, 0) is 97.7 Å². The van der Waals surface area contributed by atoms with Crippen LogP contribution in [0.5, 0.6) is 5.75 Å². The number of hydrogen-bond donors (Lipinski definition) is 2. The predicted molar refractivity (Wildman–Crippen MR) is 152 cm³/mol. The van der Waals surface area contributed by atoms with Crippen LogP contribution in [-0.2, 0) is 16.2 Å². The van der Waals surface area contributed by atoms with E-state index in [1.54, 1.807) is 42.5 Å². The molecule has 0 aromatic heterocycles. The smallest absolute Gasteiger partial charge is 0.335 e. The molecule has 2 amide bonds. The fourth-order valence-electron chi connectivity index (χ4n) is 3.41. The molecule has 188 valence electrons. The molecule has 1 aliphatic heterocycles. The number of carboxylic acids is 1. The van der Waals surface area contributed by atoms with Crippen molar-refractivity contribution < 1.29 is 24.2 Å². The van der Waals surface area contributed by atoms with Crippen LogP contribution in [0.4, 0.5) is 5.69 Å². The zero-order valence-corrected chi connectivity index (χ0v) is 23.9. The first-order valence-electron chi connectivity index (χ1n) is 10.4. The standard InChI is InChI=1S/C25H14Br2Cl2N2O5S/c26-16-9-13(10-17(27)21(16)36-11-12-4-6-14(7-5-12)24(34)35)8-15-22(32)30-25(37)31(23(15)33)19-3-1-2-18(28)20(19)29/h1-10H,11H2,(H,34,35)(H,30,32,37)/b15-8+. The number of ether oxygens (including phenoxy) is 1. The monoisotopic (exact) mass is 682 g/mol. The molecule has 3 aromatic carbocycles.